The Labute approximate surface area is 241 Å². The summed E-state index contributed by atoms with van der Waals surface area (Å²) in [6, 6.07) is 18.7. The number of carbonyl (C=O) groups is 3. The number of hydrogen-bond acceptors (Lipinski definition) is 8. The number of carbonyl (C=O) groups excluding carboxylic acids is 3. The van der Waals surface area contributed by atoms with Gasteiger partial charge in [0, 0.05) is 17.1 Å². The summed E-state index contributed by atoms with van der Waals surface area (Å²) < 4.78 is 15.8. The zero-order chi connectivity index (χ0) is 28.6. The minimum Gasteiger partial charge on any atom is -0.493 e. The second-order valence-corrected chi connectivity index (χ2v) is 10.2. The van der Waals surface area contributed by atoms with Crippen LogP contribution in [-0.4, -0.2) is 53.9 Å². The van der Waals surface area contributed by atoms with Crippen LogP contribution in [0.2, 0.25) is 5.02 Å². The summed E-state index contributed by atoms with van der Waals surface area (Å²) in [6.45, 7) is 2.21. The number of amidine groups is 1. The first-order valence-electron chi connectivity index (χ1n) is 12.4. The molecule has 1 aliphatic heterocycles. The van der Waals surface area contributed by atoms with Crippen molar-refractivity contribution in [2.24, 2.45) is 4.99 Å². The summed E-state index contributed by atoms with van der Waals surface area (Å²) in [6.07, 6.45) is -0.0226. The lowest BCUT2D eigenvalue weighted by atomic mass is 10.1. The Balaban J connectivity index is 1.63. The molecule has 1 atom stereocenters. The van der Waals surface area contributed by atoms with Gasteiger partial charge in [0.1, 0.15) is 5.25 Å². The van der Waals surface area contributed by atoms with Crippen molar-refractivity contribution < 1.29 is 28.6 Å². The molecule has 1 N–H and O–H groups in total. The predicted octanol–water partition coefficient (Wildman–Crippen LogP) is 5.69. The molecule has 1 unspecified atom stereocenters. The molecule has 1 heterocycles. The number of rotatable bonds is 9. The van der Waals surface area contributed by atoms with Gasteiger partial charge in [-0.1, -0.05) is 35.5 Å². The summed E-state index contributed by atoms with van der Waals surface area (Å²) in [5, 5.41) is 2.95. The Kier molecular flexibility index (Phi) is 9.68. The maximum Gasteiger partial charge on any atom is 0.338 e. The molecule has 4 rings (SSSR count). The third-order valence-electron chi connectivity index (χ3n) is 5.92. The Hall–Kier alpha value is -4.02. The lowest BCUT2D eigenvalue weighted by Gasteiger charge is -2.32. The number of benzene rings is 3. The highest BCUT2D eigenvalue weighted by Crippen LogP contribution is 2.33. The van der Waals surface area contributed by atoms with Crippen LogP contribution in [0.15, 0.2) is 71.7 Å². The molecule has 9 nitrogen and oxygen atoms in total. The van der Waals surface area contributed by atoms with Gasteiger partial charge in [-0.15, -0.1) is 0 Å². The molecule has 0 radical (unpaired) electrons. The molecular weight excluding hydrogens is 554 g/mol. The highest BCUT2D eigenvalue weighted by molar-refractivity contribution is 8.15. The van der Waals surface area contributed by atoms with E-state index >= 15 is 0 Å². The molecule has 2 amide bonds. The number of ether oxygens (including phenoxy) is 3. The zero-order valence-corrected chi connectivity index (χ0v) is 23.8. The zero-order valence-electron chi connectivity index (χ0n) is 22.2. The first kappa shape index (κ1) is 29.0. The van der Waals surface area contributed by atoms with Crippen LogP contribution in [0.5, 0.6) is 11.5 Å². The van der Waals surface area contributed by atoms with Crippen molar-refractivity contribution >= 4 is 57.7 Å². The van der Waals surface area contributed by atoms with Gasteiger partial charge in [0.05, 0.1) is 38.6 Å². The number of esters is 1. The number of methoxy groups -OCH3 is 2. The highest BCUT2D eigenvalue weighted by Gasteiger charge is 2.36. The van der Waals surface area contributed by atoms with Crippen LogP contribution in [0, 0.1) is 0 Å². The van der Waals surface area contributed by atoms with Crippen molar-refractivity contribution in [3.8, 4) is 11.5 Å². The van der Waals surface area contributed by atoms with E-state index in [1.165, 1.54) is 16.7 Å². The van der Waals surface area contributed by atoms with E-state index in [2.05, 4.69) is 5.32 Å². The normalized spacial score (nSPS) is 16.0. The van der Waals surface area contributed by atoms with Gasteiger partial charge < -0.3 is 19.5 Å². The van der Waals surface area contributed by atoms with Gasteiger partial charge in [-0.05, 0) is 67.1 Å². The maximum atomic E-state index is 13.4. The molecule has 0 saturated carbocycles. The molecule has 11 heteroatoms. The second kappa shape index (κ2) is 13.4. The van der Waals surface area contributed by atoms with Crippen LogP contribution in [0.4, 0.5) is 11.4 Å². The van der Waals surface area contributed by atoms with Crippen LogP contribution >= 0.6 is 23.4 Å². The number of hydrogen-bond donors (Lipinski definition) is 1. The molecule has 1 saturated heterocycles. The van der Waals surface area contributed by atoms with Gasteiger partial charge in [-0.25, -0.2) is 9.79 Å². The van der Waals surface area contributed by atoms with Crippen LogP contribution in [0.1, 0.15) is 29.3 Å². The van der Waals surface area contributed by atoms with E-state index in [1.807, 2.05) is 6.07 Å². The van der Waals surface area contributed by atoms with Crippen LogP contribution in [-0.2, 0) is 20.9 Å². The summed E-state index contributed by atoms with van der Waals surface area (Å²) >= 11 is 7.24. The average Bonchev–Trinajstić information content (AvgIpc) is 2.95. The summed E-state index contributed by atoms with van der Waals surface area (Å²) in [5.74, 6) is 0.0676. The van der Waals surface area contributed by atoms with Gasteiger partial charge >= 0.3 is 5.97 Å². The number of nitrogens with zero attached hydrogens (tertiary/aromatic N) is 2. The Morgan fingerprint density at radius 3 is 2.48 bits per heavy atom. The van der Waals surface area contributed by atoms with Gasteiger partial charge in [0.25, 0.3) is 0 Å². The molecule has 0 aromatic heterocycles. The lowest BCUT2D eigenvalue weighted by molar-refractivity contribution is -0.129. The van der Waals surface area contributed by atoms with E-state index in [4.69, 9.17) is 30.8 Å². The van der Waals surface area contributed by atoms with Crippen LogP contribution in [0.3, 0.4) is 0 Å². The number of aliphatic imine (C=N–C) groups is 1. The highest BCUT2D eigenvalue weighted by atomic mass is 35.5. The second-order valence-electron chi connectivity index (χ2n) is 8.64. The van der Waals surface area contributed by atoms with Crippen molar-refractivity contribution in [3.63, 3.8) is 0 Å². The number of anilines is 1. The van der Waals surface area contributed by atoms with E-state index in [-0.39, 0.29) is 31.4 Å². The Bertz CT molecular complexity index is 1430. The average molecular weight is 582 g/mol. The predicted molar refractivity (Wildman–Crippen MR) is 156 cm³/mol. The van der Waals surface area contributed by atoms with Gasteiger partial charge in [-0.3, -0.25) is 14.5 Å². The Morgan fingerprint density at radius 1 is 1.05 bits per heavy atom. The molecule has 0 aliphatic carbocycles. The number of halogens is 1. The molecule has 208 valence electrons. The van der Waals surface area contributed by atoms with Crippen molar-refractivity contribution in [1.29, 1.82) is 0 Å². The van der Waals surface area contributed by atoms with Crippen LogP contribution in [0.25, 0.3) is 0 Å². The maximum absolute atomic E-state index is 13.4. The molecule has 3 aromatic carbocycles. The largest absolute Gasteiger partial charge is 0.493 e. The van der Waals surface area contributed by atoms with Crippen molar-refractivity contribution in [1.82, 2.24) is 4.90 Å². The first-order chi connectivity index (χ1) is 19.3. The first-order valence-corrected chi connectivity index (χ1v) is 13.7. The number of nitrogens with one attached hydrogen (secondary N) is 1. The summed E-state index contributed by atoms with van der Waals surface area (Å²) in [5.41, 5.74) is 2.22. The van der Waals surface area contributed by atoms with Crippen molar-refractivity contribution in [2.45, 2.75) is 25.1 Å². The number of amides is 2. The topological polar surface area (TPSA) is 107 Å². The van der Waals surface area contributed by atoms with E-state index < -0.39 is 11.2 Å². The molecule has 0 spiro atoms. The van der Waals surface area contributed by atoms with E-state index in [0.717, 1.165) is 5.56 Å². The van der Waals surface area contributed by atoms with Crippen LogP contribution < -0.4 is 14.8 Å². The standard InChI is InChI=1S/C29H28ClN3O6S/c1-4-39-28(36)19-9-11-21(12-10-19)32-29-33(17-18-8-13-23(37-2)24(14-18)38-3)26(34)16-25(40-29)27(35)31-22-7-5-6-20(30)15-22/h5-15,25H,4,16-17H2,1-3H3,(H,31,35). The summed E-state index contributed by atoms with van der Waals surface area (Å²) in [7, 11) is 3.09. The molecule has 1 aliphatic rings. The Morgan fingerprint density at radius 2 is 1.80 bits per heavy atom. The van der Waals surface area contributed by atoms with Gasteiger partial charge in [0.2, 0.25) is 11.8 Å². The smallest absolute Gasteiger partial charge is 0.338 e. The molecule has 40 heavy (non-hydrogen) atoms. The third kappa shape index (κ3) is 7.13. The van der Waals surface area contributed by atoms with E-state index in [9.17, 15) is 14.4 Å². The number of thioether (sulfide) groups is 1. The monoisotopic (exact) mass is 581 g/mol. The van der Waals surface area contributed by atoms with E-state index in [0.29, 0.717) is 38.6 Å². The fourth-order valence-electron chi connectivity index (χ4n) is 3.94. The quantitative estimate of drug-likeness (QED) is 0.323. The minimum absolute atomic E-state index is 0.0226. The molecule has 3 aromatic rings. The van der Waals surface area contributed by atoms with Crippen molar-refractivity contribution in [2.75, 3.05) is 26.1 Å². The van der Waals surface area contributed by atoms with E-state index in [1.54, 1.807) is 81.8 Å². The minimum atomic E-state index is -0.717. The van der Waals surface area contributed by atoms with Crippen molar-refractivity contribution in [3.05, 3.63) is 82.9 Å². The SMILES string of the molecule is CCOC(=O)c1ccc(N=C2SC(C(=O)Nc3cccc(Cl)c3)CC(=O)N2Cc2ccc(OC)c(OC)c2)cc1. The van der Waals surface area contributed by atoms with Gasteiger partial charge in [0.15, 0.2) is 16.7 Å². The van der Waals surface area contributed by atoms with Gasteiger partial charge in [-0.2, -0.15) is 0 Å². The fourth-order valence-corrected chi connectivity index (χ4v) is 5.23. The third-order valence-corrected chi connectivity index (χ3v) is 7.34. The molecule has 1 fully saturated rings. The lowest BCUT2D eigenvalue weighted by Crippen LogP contribution is -2.44. The molecule has 0 bridgehead atoms. The fraction of sp³-hybridized carbons (Fsp3) is 0.241. The summed E-state index contributed by atoms with van der Waals surface area (Å²) in [4.78, 5) is 44.8. The molecular formula is C29H28ClN3O6S.